The zero-order chi connectivity index (χ0) is 16.3. The van der Waals surface area contributed by atoms with E-state index in [0.717, 1.165) is 24.2 Å². The summed E-state index contributed by atoms with van der Waals surface area (Å²) in [7, 11) is 1.82. The predicted octanol–water partition coefficient (Wildman–Crippen LogP) is 2.26. The Morgan fingerprint density at radius 3 is 2.68 bits per heavy atom. The summed E-state index contributed by atoms with van der Waals surface area (Å²) in [6.45, 7) is 5.29. The quantitative estimate of drug-likeness (QED) is 0.684. The van der Waals surface area contributed by atoms with Gasteiger partial charge in [0.25, 0.3) is 5.91 Å². The number of nitrogens with zero attached hydrogens (tertiary/aromatic N) is 2. The Hall–Kier alpha value is -2.11. The molecule has 0 aliphatic heterocycles. The molecule has 1 aliphatic carbocycles. The highest BCUT2D eigenvalue weighted by Crippen LogP contribution is 2.21. The van der Waals surface area contributed by atoms with Gasteiger partial charge in [-0.2, -0.15) is 5.10 Å². The molecule has 1 aromatic heterocycles. The van der Waals surface area contributed by atoms with Gasteiger partial charge in [0.05, 0.1) is 23.0 Å². The second kappa shape index (κ2) is 6.77. The number of aromatic nitrogens is 2. The first-order valence-corrected chi connectivity index (χ1v) is 7.56. The average Bonchev–Trinajstić information content (AvgIpc) is 2.74. The van der Waals surface area contributed by atoms with E-state index in [2.05, 4.69) is 16.5 Å². The Labute approximate surface area is 130 Å². The molecule has 1 amide bonds. The third kappa shape index (κ3) is 3.55. The van der Waals surface area contributed by atoms with Crippen molar-refractivity contribution in [3.8, 4) is 0 Å². The van der Waals surface area contributed by atoms with Crippen LogP contribution in [0, 0.1) is 19.8 Å². The van der Waals surface area contributed by atoms with Crippen molar-refractivity contribution in [2.45, 2.75) is 46.1 Å². The molecule has 0 radical (unpaired) electrons. The lowest BCUT2D eigenvalue weighted by atomic mass is 9.95. The molecule has 0 aromatic carbocycles. The van der Waals surface area contributed by atoms with E-state index in [1.54, 1.807) is 11.6 Å². The van der Waals surface area contributed by atoms with Crippen LogP contribution in [0.1, 0.15) is 37.6 Å². The third-order valence-electron chi connectivity index (χ3n) is 4.02. The summed E-state index contributed by atoms with van der Waals surface area (Å²) in [4.78, 5) is 24.3. The summed E-state index contributed by atoms with van der Waals surface area (Å²) in [6, 6.07) is 0. The Kier molecular flexibility index (Phi) is 5.00. The van der Waals surface area contributed by atoms with Crippen LogP contribution in [0.25, 0.3) is 0 Å². The van der Waals surface area contributed by atoms with Crippen LogP contribution in [0.15, 0.2) is 12.2 Å². The van der Waals surface area contributed by atoms with Crippen LogP contribution < -0.4 is 5.32 Å². The minimum Gasteiger partial charge on any atom is -0.452 e. The SMILES string of the molecule is Cc1nn(C)c(C)c1NC(=O)C(C)OC(=O)C1CC=CCC1. The second-order valence-electron chi connectivity index (χ2n) is 5.72. The molecule has 1 N–H and O–H groups in total. The van der Waals surface area contributed by atoms with Gasteiger partial charge < -0.3 is 10.1 Å². The molecule has 1 aromatic rings. The Balaban J connectivity index is 1.94. The van der Waals surface area contributed by atoms with Gasteiger partial charge in [-0.1, -0.05) is 12.2 Å². The molecule has 2 rings (SSSR count). The molecule has 0 spiro atoms. The maximum absolute atomic E-state index is 12.2. The highest BCUT2D eigenvalue weighted by atomic mass is 16.5. The maximum atomic E-state index is 12.2. The molecule has 2 atom stereocenters. The van der Waals surface area contributed by atoms with Gasteiger partial charge in [0.15, 0.2) is 6.10 Å². The number of hydrogen-bond acceptors (Lipinski definition) is 4. The standard InChI is InChI=1S/C16H23N3O3/c1-10-14(11(2)19(4)18-10)17-15(20)12(3)22-16(21)13-8-6-5-7-9-13/h5-6,12-13H,7-9H2,1-4H3,(H,17,20). The first-order valence-electron chi connectivity index (χ1n) is 7.56. The highest BCUT2D eigenvalue weighted by Gasteiger charge is 2.25. The van der Waals surface area contributed by atoms with Gasteiger partial charge >= 0.3 is 5.97 Å². The van der Waals surface area contributed by atoms with E-state index in [4.69, 9.17) is 4.74 Å². The fourth-order valence-corrected chi connectivity index (χ4v) is 2.51. The van der Waals surface area contributed by atoms with Gasteiger partial charge in [-0.05, 0) is 40.0 Å². The van der Waals surface area contributed by atoms with Gasteiger partial charge in [-0.25, -0.2) is 0 Å². The van der Waals surface area contributed by atoms with E-state index in [0.29, 0.717) is 12.1 Å². The molecule has 0 fully saturated rings. The number of rotatable bonds is 4. The fraction of sp³-hybridized carbons (Fsp3) is 0.562. The number of aryl methyl sites for hydroxylation is 2. The number of ether oxygens (including phenoxy) is 1. The van der Waals surface area contributed by atoms with Crippen LogP contribution in [0.5, 0.6) is 0 Å². The summed E-state index contributed by atoms with van der Waals surface area (Å²) in [5.41, 5.74) is 2.28. The molecule has 6 heteroatoms. The van der Waals surface area contributed by atoms with Gasteiger partial charge in [0, 0.05) is 7.05 Å². The van der Waals surface area contributed by atoms with E-state index >= 15 is 0 Å². The molecule has 120 valence electrons. The van der Waals surface area contributed by atoms with Crippen molar-refractivity contribution in [3.05, 3.63) is 23.5 Å². The molecule has 0 bridgehead atoms. The summed E-state index contributed by atoms with van der Waals surface area (Å²) in [5, 5.41) is 7.04. The summed E-state index contributed by atoms with van der Waals surface area (Å²) in [6.07, 6.45) is 5.58. The molecular formula is C16H23N3O3. The number of amides is 1. The average molecular weight is 305 g/mol. The van der Waals surface area contributed by atoms with E-state index in [1.165, 1.54) is 0 Å². The van der Waals surface area contributed by atoms with Crippen molar-refractivity contribution >= 4 is 17.6 Å². The van der Waals surface area contributed by atoms with E-state index < -0.39 is 6.10 Å². The van der Waals surface area contributed by atoms with Crippen LogP contribution in [0.3, 0.4) is 0 Å². The molecule has 22 heavy (non-hydrogen) atoms. The smallest absolute Gasteiger partial charge is 0.310 e. The van der Waals surface area contributed by atoms with Crippen molar-refractivity contribution < 1.29 is 14.3 Å². The minimum absolute atomic E-state index is 0.137. The fourth-order valence-electron chi connectivity index (χ4n) is 2.51. The van der Waals surface area contributed by atoms with Crippen LogP contribution >= 0.6 is 0 Å². The monoisotopic (exact) mass is 305 g/mol. The Bertz CT molecular complexity index is 604. The number of esters is 1. The highest BCUT2D eigenvalue weighted by molar-refractivity contribution is 5.96. The third-order valence-corrected chi connectivity index (χ3v) is 4.02. The van der Waals surface area contributed by atoms with Gasteiger partial charge in [-0.15, -0.1) is 0 Å². The molecule has 6 nitrogen and oxygen atoms in total. The molecule has 1 heterocycles. The lowest BCUT2D eigenvalue weighted by molar-refractivity contribution is -0.157. The Morgan fingerprint density at radius 2 is 2.14 bits per heavy atom. The number of anilines is 1. The first-order chi connectivity index (χ1) is 10.4. The lowest BCUT2D eigenvalue weighted by Gasteiger charge is -2.19. The zero-order valence-corrected chi connectivity index (χ0v) is 13.5. The number of carbonyl (C=O) groups excluding carboxylic acids is 2. The van der Waals surface area contributed by atoms with E-state index in [-0.39, 0.29) is 17.8 Å². The molecule has 1 aliphatic rings. The zero-order valence-electron chi connectivity index (χ0n) is 13.5. The molecular weight excluding hydrogens is 282 g/mol. The number of nitrogens with one attached hydrogen (secondary N) is 1. The number of hydrogen-bond donors (Lipinski definition) is 1. The predicted molar refractivity (Wildman–Crippen MR) is 83.3 cm³/mol. The van der Waals surface area contributed by atoms with E-state index in [9.17, 15) is 9.59 Å². The van der Waals surface area contributed by atoms with Crippen molar-refractivity contribution in [2.24, 2.45) is 13.0 Å². The molecule has 0 saturated carbocycles. The summed E-state index contributed by atoms with van der Waals surface area (Å²) < 4.78 is 7.00. The summed E-state index contributed by atoms with van der Waals surface area (Å²) in [5.74, 6) is -0.771. The lowest BCUT2D eigenvalue weighted by Crippen LogP contribution is -2.32. The largest absolute Gasteiger partial charge is 0.452 e. The van der Waals surface area contributed by atoms with Crippen molar-refractivity contribution in [3.63, 3.8) is 0 Å². The number of carbonyl (C=O) groups is 2. The van der Waals surface area contributed by atoms with Crippen molar-refractivity contribution in [1.82, 2.24) is 9.78 Å². The van der Waals surface area contributed by atoms with Gasteiger partial charge in [0.1, 0.15) is 0 Å². The minimum atomic E-state index is -0.822. The van der Waals surface area contributed by atoms with E-state index in [1.807, 2.05) is 27.0 Å². The molecule has 0 saturated heterocycles. The van der Waals surface area contributed by atoms with Crippen molar-refractivity contribution in [1.29, 1.82) is 0 Å². The topological polar surface area (TPSA) is 73.2 Å². The van der Waals surface area contributed by atoms with Crippen LogP contribution in [0.4, 0.5) is 5.69 Å². The maximum Gasteiger partial charge on any atom is 0.310 e. The molecule has 2 unspecified atom stereocenters. The normalized spacial score (nSPS) is 18.8. The van der Waals surface area contributed by atoms with Crippen molar-refractivity contribution in [2.75, 3.05) is 5.32 Å². The van der Waals surface area contributed by atoms with Crippen LogP contribution in [-0.2, 0) is 21.4 Å². The van der Waals surface area contributed by atoms with Gasteiger partial charge in [-0.3, -0.25) is 14.3 Å². The first kappa shape index (κ1) is 16.3. The number of allylic oxidation sites excluding steroid dienone is 2. The van der Waals surface area contributed by atoms with Crippen LogP contribution in [0.2, 0.25) is 0 Å². The van der Waals surface area contributed by atoms with Gasteiger partial charge in [0.2, 0.25) is 0 Å². The second-order valence-corrected chi connectivity index (χ2v) is 5.72. The Morgan fingerprint density at radius 1 is 1.41 bits per heavy atom. The summed E-state index contributed by atoms with van der Waals surface area (Å²) >= 11 is 0. The van der Waals surface area contributed by atoms with Crippen LogP contribution in [-0.4, -0.2) is 27.8 Å².